The topological polar surface area (TPSA) is 69.6 Å². The van der Waals surface area contributed by atoms with Crippen molar-refractivity contribution in [2.45, 2.75) is 51.0 Å². The summed E-state index contributed by atoms with van der Waals surface area (Å²) in [6, 6.07) is 0.373. The van der Waals surface area contributed by atoms with Crippen LogP contribution in [0.4, 0.5) is 0 Å². The number of aliphatic carboxylic acids is 1. The largest absolute Gasteiger partial charge is 0.480 e. The monoisotopic (exact) mass is 268 g/mol. The van der Waals surface area contributed by atoms with Crippen molar-refractivity contribution in [2.75, 3.05) is 19.6 Å². The number of hydrogen-bond donors (Lipinski definition) is 2. The molecule has 0 bridgehead atoms. The van der Waals surface area contributed by atoms with Gasteiger partial charge in [-0.15, -0.1) is 0 Å². The first kappa shape index (κ1) is 14.3. The van der Waals surface area contributed by atoms with Crippen LogP contribution in [-0.4, -0.2) is 47.6 Å². The van der Waals surface area contributed by atoms with E-state index in [-0.39, 0.29) is 18.4 Å². The highest BCUT2D eigenvalue weighted by atomic mass is 16.4. The lowest BCUT2D eigenvalue weighted by Crippen LogP contribution is -2.45. The van der Waals surface area contributed by atoms with Crippen LogP contribution in [0.1, 0.15) is 44.9 Å². The molecule has 108 valence electrons. The molecule has 2 N–H and O–H groups in total. The molecule has 1 saturated heterocycles. The highest BCUT2D eigenvalue weighted by Crippen LogP contribution is 2.21. The van der Waals surface area contributed by atoms with Crippen molar-refractivity contribution in [1.82, 2.24) is 10.2 Å². The molecule has 0 atom stereocenters. The zero-order valence-corrected chi connectivity index (χ0v) is 11.4. The Morgan fingerprint density at radius 2 is 1.68 bits per heavy atom. The molecule has 0 aromatic carbocycles. The summed E-state index contributed by atoms with van der Waals surface area (Å²) in [4.78, 5) is 24.7. The Kier molecular flexibility index (Phi) is 5.19. The smallest absolute Gasteiger partial charge is 0.317 e. The molecule has 5 heteroatoms. The van der Waals surface area contributed by atoms with Gasteiger partial charge in [-0.05, 0) is 38.8 Å². The number of hydrogen-bond acceptors (Lipinski definition) is 3. The molecule has 0 aromatic heterocycles. The molecule has 19 heavy (non-hydrogen) atoms. The van der Waals surface area contributed by atoms with E-state index < -0.39 is 5.97 Å². The predicted octanol–water partition coefficient (Wildman–Crippen LogP) is 1.23. The van der Waals surface area contributed by atoms with Gasteiger partial charge in [0, 0.05) is 12.0 Å². The third-order valence-electron chi connectivity index (χ3n) is 4.27. The van der Waals surface area contributed by atoms with Crippen LogP contribution in [-0.2, 0) is 9.59 Å². The Balaban J connectivity index is 1.71. The second-order valence-electron chi connectivity index (χ2n) is 5.79. The zero-order chi connectivity index (χ0) is 13.7. The van der Waals surface area contributed by atoms with Crippen LogP contribution < -0.4 is 5.32 Å². The average Bonchev–Trinajstić information content (AvgIpc) is 2.40. The first-order valence-electron chi connectivity index (χ1n) is 7.39. The summed E-state index contributed by atoms with van der Waals surface area (Å²) in [6.45, 7) is 1.53. The third kappa shape index (κ3) is 4.49. The zero-order valence-electron chi connectivity index (χ0n) is 11.4. The lowest BCUT2D eigenvalue weighted by molar-refractivity contribution is -0.138. The standard InChI is InChI=1S/C14H24N2O3/c17-13(18)10-16-8-6-11(7-9-16)14(19)15-12-4-2-1-3-5-12/h11-12H,1-10H2,(H,15,19)(H,17,18). The van der Waals surface area contributed by atoms with Crippen LogP contribution in [0, 0.1) is 5.92 Å². The number of nitrogens with one attached hydrogen (secondary N) is 1. The van der Waals surface area contributed by atoms with E-state index in [1.807, 2.05) is 4.90 Å². The van der Waals surface area contributed by atoms with Crippen LogP contribution in [0.15, 0.2) is 0 Å². The summed E-state index contributed by atoms with van der Waals surface area (Å²) in [5.74, 6) is -0.529. The minimum atomic E-state index is -0.787. The van der Waals surface area contributed by atoms with Crippen molar-refractivity contribution in [2.24, 2.45) is 5.92 Å². The van der Waals surface area contributed by atoms with E-state index in [0.29, 0.717) is 6.04 Å². The summed E-state index contributed by atoms with van der Waals surface area (Å²) in [6.07, 6.45) is 7.54. The molecule has 0 spiro atoms. The normalized spacial score (nSPS) is 23.2. The molecular formula is C14H24N2O3. The van der Waals surface area contributed by atoms with E-state index in [1.54, 1.807) is 0 Å². The Morgan fingerprint density at radius 1 is 1.05 bits per heavy atom. The van der Waals surface area contributed by atoms with Crippen LogP contribution in [0.5, 0.6) is 0 Å². The van der Waals surface area contributed by atoms with Gasteiger partial charge in [0.25, 0.3) is 0 Å². The maximum atomic E-state index is 12.1. The number of rotatable bonds is 4. The number of likely N-dealkylation sites (tertiary alicyclic amines) is 1. The third-order valence-corrected chi connectivity index (χ3v) is 4.27. The van der Waals surface area contributed by atoms with E-state index in [1.165, 1.54) is 19.3 Å². The summed E-state index contributed by atoms with van der Waals surface area (Å²) in [5.41, 5.74) is 0. The molecule has 0 aromatic rings. The molecule has 1 heterocycles. The van der Waals surface area contributed by atoms with Crippen molar-refractivity contribution in [3.8, 4) is 0 Å². The van der Waals surface area contributed by atoms with Crippen LogP contribution in [0.25, 0.3) is 0 Å². The number of carboxylic acid groups (broad SMARTS) is 1. The quantitative estimate of drug-likeness (QED) is 0.804. The number of piperidine rings is 1. The highest BCUT2D eigenvalue weighted by Gasteiger charge is 2.27. The van der Waals surface area contributed by atoms with Crippen molar-refractivity contribution in [1.29, 1.82) is 0 Å². The molecule has 1 amide bonds. The number of carbonyl (C=O) groups excluding carboxylic acids is 1. The van der Waals surface area contributed by atoms with Gasteiger partial charge in [-0.2, -0.15) is 0 Å². The van der Waals surface area contributed by atoms with E-state index in [0.717, 1.165) is 38.8 Å². The first-order valence-corrected chi connectivity index (χ1v) is 7.39. The lowest BCUT2D eigenvalue weighted by Gasteiger charge is -2.31. The Hall–Kier alpha value is -1.10. The summed E-state index contributed by atoms with van der Waals surface area (Å²) in [5, 5.41) is 11.9. The van der Waals surface area contributed by atoms with Gasteiger partial charge in [-0.25, -0.2) is 0 Å². The second-order valence-corrected chi connectivity index (χ2v) is 5.79. The first-order chi connectivity index (χ1) is 9.15. The molecule has 1 aliphatic carbocycles. The summed E-state index contributed by atoms with van der Waals surface area (Å²) >= 11 is 0. The molecule has 1 aliphatic heterocycles. The van der Waals surface area contributed by atoms with E-state index in [2.05, 4.69) is 5.32 Å². The fourth-order valence-electron chi connectivity index (χ4n) is 3.11. The lowest BCUT2D eigenvalue weighted by atomic mass is 9.92. The maximum absolute atomic E-state index is 12.1. The Bertz CT molecular complexity index is 319. The fraction of sp³-hybridized carbons (Fsp3) is 0.857. The van der Waals surface area contributed by atoms with Gasteiger partial charge >= 0.3 is 5.97 Å². The van der Waals surface area contributed by atoms with Gasteiger partial charge in [0.1, 0.15) is 0 Å². The van der Waals surface area contributed by atoms with Crippen molar-refractivity contribution < 1.29 is 14.7 Å². The molecule has 5 nitrogen and oxygen atoms in total. The van der Waals surface area contributed by atoms with Gasteiger partial charge in [0.05, 0.1) is 6.54 Å². The fourth-order valence-corrected chi connectivity index (χ4v) is 3.11. The van der Waals surface area contributed by atoms with Crippen LogP contribution in [0.3, 0.4) is 0 Å². The Morgan fingerprint density at radius 3 is 2.26 bits per heavy atom. The SMILES string of the molecule is O=C(O)CN1CCC(C(=O)NC2CCCCC2)CC1. The molecule has 1 saturated carbocycles. The molecule has 2 fully saturated rings. The molecule has 0 unspecified atom stereocenters. The highest BCUT2D eigenvalue weighted by molar-refractivity contribution is 5.79. The Labute approximate surface area is 114 Å². The maximum Gasteiger partial charge on any atom is 0.317 e. The van der Waals surface area contributed by atoms with E-state index in [4.69, 9.17) is 5.11 Å². The molecule has 0 radical (unpaired) electrons. The molecule has 2 rings (SSSR count). The number of nitrogens with zero attached hydrogens (tertiary/aromatic N) is 1. The molecule has 2 aliphatic rings. The average molecular weight is 268 g/mol. The van der Waals surface area contributed by atoms with E-state index >= 15 is 0 Å². The number of carboxylic acids is 1. The van der Waals surface area contributed by atoms with Gasteiger partial charge < -0.3 is 10.4 Å². The van der Waals surface area contributed by atoms with Crippen LogP contribution in [0.2, 0.25) is 0 Å². The van der Waals surface area contributed by atoms with Gasteiger partial charge in [0.15, 0.2) is 0 Å². The second kappa shape index (κ2) is 6.89. The van der Waals surface area contributed by atoms with Crippen molar-refractivity contribution >= 4 is 11.9 Å². The molecular weight excluding hydrogens is 244 g/mol. The van der Waals surface area contributed by atoms with Gasteiger partial charge in [-0.1, -0.05) is 19.3 Å². The van der Waals surface area contributed by atoms with Gasteiger partial charge in [0.2, 0.25) is 5.91 Å². The van der Waals surface area contributed by atoms with Crippen molar-refractivity contribution in [3.63, 3.8) is 0 Å². The number of carbonyl (C=O) groups is 2. The van der Waals surface area contributed by atoms with Crippen molar-refractivity contribution in [3.05, 3.63) is 0 Å². The summed E-state index contributed by atoms with van der Waals surface area (Å²) < 4.78 is 0. The number of amides is 1. The minimum Gasteiger partial charge on any atom is -0.480 e. The predicted molar refractivity (Wildman–Crippen MR) is 71.8 cm³/mol. The minimum absolute atomic E-state index is 0.0759. The summed E-state index contributed by atoms with van der Waals surface area (Å²) in [7, 11) is 0. The van der Waals surface area contributed by atoms with Gasteiger partial charge in [-0.3, -0.25) is 14.5 Å². The van der Waals surface area contributed by atoms with Crippen LogP contribution >= 0.6 is 0 Å². The van der Waals surface area contributed by atoms with E-state index in [9.17, 15) is 9.59 Å².